The summed E-state index contributed by atoms with van der Waals surface area (Å²) in [4.78, 5) is 8.92. The lowest BCUT2D eigenvalue weighted by Crippen LogP contribution is -2.11. The van der Waals surface area contributed by atoms with Crippen LogP contribution >= 0.6 is 0 Å². The van der Waals surface area contributed by atoms with Gasteiger partial charge in [0.15, 0.2) is 0 Å². The van der Waals surface area contributed by atoms with Crippen molar-refractivity contribution < 1.29 is 5.11 Å². The first-order chi connectivity index (χ1) is 12.3. The maximum absolute atomic E-state index is 10.8. The van der Waals surface area contributed by atoms with E-state index in [1.807, 2.05) is 61.1 Å². The molecule has 4 nitrogen and oxygen atoms in total. The first-order valence-electron chi connectivity index (χ1n) is 8.46. The lowest BCUT2D eigenvalue weighted by Gasteiger charge is -2.19. The molecule has 3 heterocycles. The highest BCUT2D eigenvalue weighted by Crippen LogP contribution is 2.42. The molecule has 1 aliphatic rings. The predicted molar refractivity (Wildman–Crippen MR) is 97.1 cm³/mol. The molecule has 4 heteroatoms. The fraction of sp³-hybridized carbons (Fsp3) is 0.143. The largest absolute Gasteiger partial charge is 0.387 e. The Balaban J connectivity index is 1.50. The van der Waals surface area contributed by atoms with Crippen molar-refractivity contribution in [3.63, 3.8) is 0 Å². The molecule has 4 aromatic rings. The van der Waals surface area contributed by atoms with Crippen LogP contribution < -0.4 is 0 Å². The van der Waals surface area contributed by atoms with Gasteiger partial charge < -0.3 is 9.67 Å². The van der Waals surface area contributed by atoms with Crippen LogP contribution in [0.4, 0.5) is 0 Å². The van der Waals surface area contributed by atoms with Gasteiger partial charge in [-0.15, -0.1) is 0 Å². The Morgan fingerprint density at radius 2 is 1.84 bits per heavy atom. The van der Waals surface area contributed by atoms with Gasteiger partial charge in [0, 0.05) is 17.4 Å². The normalized spacial score (nSPS) is 16.6. The van der Waals surface area contributed by atoms with Crippen molar-refractivity contribution in [2.45, 2.75) is 18.6 Å². The molecule has 2 atom stereocenters. The SMILES string of the molecule is OC(CC1c2ccccc2-c2cncn21)c1ccc2ccccc2n1. The van der Waals surface area contributed by atoms with Crippen LogP contribution in [0.3, 0.4) is 0 Å². The molecule has 2 aromatic carbocycles. The number of aliphatic hydroxyl groups is 1. The third-order valence-electron chi connectivity index (χ3n) is 5.01. The van der Waals surface area contributed by atoms with Gasteiger partial charge in [0.2, 0.25) is 0 Å². The van der Waals surface area contributed by atoms with Gasteiger partial charge in [-0.3, -0.25) is 4.98 Å². The van der Waals surface area contributed by atoms with Crippen molar-refractivity contribution >= 4 is 10.9 Å². The Kier molecular flexibility index (Phi) is 3.18. The predicted octanol–water partition coefficient (Wildman–Crippen LogP) is 4.12. The molecule has 2 aromatic heterocycles. The van der Waals surface area contributed by atoms with Gasteiger partial charge in [0.25, 0.3) is 0 Å². The van der Waals surface area contributed by atoms with Crippen molar-refractivity contribution in [2.75, 3.05) is 0 Å². The molecule has 0 aliphatic carbocycles. The third kappa shape index (κ3) is 2.26. The number of nitrogens with zero attached hydrogens (tertiary/aromatic N) is 3. The van der Waals surface area contributed by atoms with Crippen molar-refractivity contribution in [3.05, 3.63) is 84.4 Å². The van der Waals surface area contributed by atoms with Crippen molar-refractivity contribution in [2.24, 2.45) is 0 Å². The zero-order chi connectivity index (χ0) is 16.8. The Hall–Kier alpha value is -2.98. The van der Waals surface area contributed by atoms with Crippen LogP contribution in [0.2, 0.25) is 0 Å². The second kappa shape index (κ2) is 5.53. The van der Waals surface area contributed by atoms with Crippen LogP contribution in [-0.4, -0.2) is 19.6 Å². The minimum absolute atomic E-state index is 0.0805. The quantitative estimate of drug-likeness (QED) is 0.616. The second-order valence-electron chi connectivity index (χ2n) is 6.47. The Morgan fingerprint density at radius 3 is 2.80 bits per heavy atom. The zero-order valence-corrected chi connectivity index (χ0v) is 13.6. The Morgan fingerprint density at radius 1 is 1.00 bits per heavy atom. The molecule has 0 spiro atoms. The number of hydrogen-bond donors (Lipinski definition) is 1. The van der Waals surface area contributed by atoms with E-state index in [1.54, 1.807) is 0 Å². The summed E-state index contributed by atoms with van der Waals surface area (Å²) in [5.41, 5.74) is 5.17. The fourth-order valence-corrected chi connectivity index (χ4v) is 3.77. The molecule has 0 saturated carbocycles. The van der Waals surface area contributed by atoms with Gasteiger partial charge in [-0.25, -0.2) is 4.98 Å². The summed E-state index contributed by atoms with van der Waals surface area (Å²) in [6, 6.07) is 20.3. The van der Waals surface area contributed by atoms with Crippen LogP contribution in [0.1, 0.15) is 29.8 Å². The number of aliphatic hydroxyl groups excluding tert-OH is 1. The van der Waals surface area contributed by atoms with E-state index in [-0.39, 0.29) is 6.04 Å². The molecule has 25 heavy (non-hydrogen) atoms. The summed E-state index contributed by atoms with van der Waals surface area (Å²) in [6.45, 7) is 0. The number of imidazole rings is 1. The van der Waals surface area contributed by atoms with E-state index in [4.69, 9.17) is 0 Å². The molecule has 2 unspecified atom stereocenters. The van der Waals surface area contributed by atoms with Gasteiger partial charge in [0.1, 0.15) is 0 Å². The number of hydrogen-bond acceptors (Lipinski definition) is 3. The van der Waals surface area contributed by atoms with Crippen molar-refractivity contribution in [1.82, 2.24) is 14.5 Å². The Bertz CT molecular complexity index is 1070. The smallest absolute Gasteiger partial charge is 0.0983 e. The van der Waals surface area contributed by atoms with Crippen molar-refractivity contribution in [3.8, 4) is 11.3 Å². The topological polar surface area (TPSA) is 50.9 Å². The van der Waals surface area contributed by atoms with Crippen LogP contribution in [0.15, 0.2) is 73.2 Å². The molecule has 0 radical (unpaired) electrons. The van der Waals surface area contributed by atoms with E-state index >= 15 is 0 Å². The molecule has 0 amide bonds. The second-order valence-corrected chi connectivity index (χ2v) is 6.47. The highest BCUT2D eigenvalue weighted by atomic mass is 16.3. The molecule has 0 saturated heterocycles. The van der Waals surface area contributed by atoms with E-state index < -0.39 is 6.10 Å². The fourth-order valence-electron chi connectivity index (χ4n) is 3.77. The monoisotopic (exact) mass is 327 g/mol. The van der Waals surface area contributed by atoms with E-state index in [0.29, 0.717) is 12.1 Å². The molecular formula is C21H17N3O. The molecule has 122 valence electrons. The standard InChI is InChI=1S/C21H17N3O/c25-21(18-10-9-14-5-1-4-8-17(14)23-18)11-19-15-6-2-3-7-16(15)20-12-22-13-24(19)20/h1-10,12-13,19,21,25H,11H2. The summed E-state index contributed by atoms with van der Waals surface area (Å²) in [5.74, 6) is 0. The summed E-state index contributed by atoms with van der Waals surface area (Å²) in [7, 11) is 0. The summed E-state index contributed by atoms with van der Waals surface area (Å²) < 4.78 is 2.15. The van der Waals surface area contributed by atoms with Crippen molar-refractivity contribution in [1.29, 1.82) is 0 Å². The molecule has 0 fully saturated rings. The Labute approximate surface area is 145 Å². The molecule has 1 N–H and O–H groups in total. The third-order valence-corrected chi connectivity index (χ3v) is 5.01. The summed E-state index contributed by atoms with van der Waals surface area (Å²) >= 11 is 0. The molecule has 0 bridgehead atoms. The van der Waals surface area contributed by atoms with Gasteiger partial charge in [-0.05, 0) is 17.7 Å². The van der Waals surface area contributed by atoms with Crippen LogP contribution in [-0.2, 0) is 0 Å². The minimum atomic E-state index is -0.629. The van der Waals surface area contributed by atoms with Gasteiger partial charge in [-0.1, -0.05) is 48.5 Å². The lowest BCUT2D eigenvalue weighted by molar-refractivity contribution is 0.149. The number of pyridine rings is 1. The molecule has 5 rings (SSSR count). The maximum atomic E-state index is 10.8. The van der Waals surface area contributed by atoms with E-state index in [0.717, 1.165) is 16.6 Å². The van der Waals surface area contributed by atoms with E-state index in [1.165, 1.54) is 11.1 Å². The first-order valence-corrected chi connectivity index (χ1v) is 8.46. The number of benzene rings is 2. The highest BCUT2D eigenvalue weighted by Gasteiger charge is 2.30. The maximum Gasteiger partial charge on any atom is 0.0983 e. The zero-order valence-electron chi connectivity index (χ0n) is 13.6. The lowest BCUT2D eigenvalue weighted by atomic mass is 9.97. The van der Waals surface area contributed by atoms with E-state index in [2.05, 4.69) is 26.7 Å². The molecule has 1 aliphatic heterocycles. The number of rotatable bonds is 3. The van der Waals surface area contributed by atoms with Crippen LogP contribution in [0.25, 0.3) is 22.2 Å². The summed E-state index contributed by atoms with van der Waals surface area (Å²) in [6.07, 6.45) is 3.68. The number of fused-ring (bicyclic) bond motifs is 4. The van der Waals surface area contributed by atoms with Crippen LogP contribution in [0, 0.1) is 0 Å². The number of para-hydroxylation sites is 1. The highest BCUT2D eigenvalue weighted by molar-refractivity contribution is 5.78. The minimum Gasteiger partial charge on any atom is -0.387 e. The van der Waals surface area contributed by atoms with E-state index in [9.17, 15) is 5.11 Å². The summed E-state index contributed by atoms with van der Waals surface area (Å²) in [5, 5.41) is 11.9. The first kappa shape index (κ1) is 14.4. The van der Waals surface area contributed by atoms with Gasteiger partial charge in [-0.2, -0.15) is 0 Å². The number of aromatic nitrogens is 3. The van der Waals surface area contributed by atoms with Gasteiger partial charge in [0.05, 0.1) is 41.6 Å². The van der Waals surface area contributed by atoms with Gasteiger partial charge >= 0.3 is 0 Å². The average molecular weight is 327 g/mol. The molecular weight excluding hydrogens is 310 g/mol. The average Bonchev–Trinajstić information content (AvgIpc) is 3.24. The van der Waals surface area contributed by atoms with Crippen LogP contribution in [0.5, 0.6) is 0 Å².